The second-order valence-electron chi connectivity index (χ2n) is 7.33. The van der Waals surface area contributed by atoms with Gasteiger partial charge in [0.25, 0.3) is 0 Å². The van der Waals surface area contributed by atoms with Gasteiger partial charge in [0, 0.05) is 24.6 Å². The molecule has 1 aliphatic heterocycles. The van der Waals surface area contributed by atoms with E-state index in [2.05, 4.69) is 20.6 Å². The highest BCUT2D eigenvalue weighted by Crippen LogP contribution is 2.29. The van der Waals surface area contributed by atoms with Crippen molar-refractivity contribution in [1.82, 2.24) is 9.97 Å². The van der Waals surface area contributed by atoms with Crippen molar-refractivity contribution in [2.45, 2.75) is 63.6 Å². The summed E-state index contributed by atoms with van der Waals surface area (Å²) in [5.41, 5.74) is 5.21. The molecule has 4 N–H and O–H groups in total. The summed E-state index contributed by atoms with van der Waals surface area (Å²) in [6.07, 6.45) is 5.85. The van der Waals surface area contributed by atoms with Gasteiger partial charge in [-0.2, -0.15) is 4.98 Å². The number of carbonyl (C=O) groups is 1. The molecule has 0 aromatic carbocycles. The molecule has 2 heterocycles. The number of hydrogen-bond donors (Lipinski definition) is 3. The fourth-order valence-corrected chi connectivity index (χ4v) is 3.71. The lowest BCUT2D eigenvalue weighted by Crippen LogP contribution is -2.34. The Labute approximate surface area is 157 Å². The number of carbonyl (C=O) groups excluding carboxylic acids is 1. The topological polar surface area (TPSA) is 145 Å². The minimum atomic E-state index is -0.488. The molecule has 1 aromatic rings. The molecule has 0 spiro atoms. The molecule has 2 fully saturated rings. The first-order valence-corrected chi connectivity index (χ1v) is 9.37. The smallest absolute Gasteiger partial charge is 0.329 e. The summed E-state index contributed by atoms with van der Waals surface area (Å²) < 4.78 is 5.53. The summed E-state index contributed by atoms with van der Waals surface area (Å²) in [4.78, 5) is 30.6. The van der Waals surface area contributed by atoms with Crippen molar-refractivity contribution in [3.05, 3.63) is 16.3 Å². The number of ether oxygens (including phenoxy) is 1. The van der Waals surface area contributed by atoms with Crippen molar-refractivity contribution in [3.63, 3.8) is 0 Å². The van der Waals surface area contributed by atoms with Crippen LogP contribution < -0.4 is 16.4 Å². The lowest BCUT2D eigenvalue weighted by Gasteiger charge is -2.29. The number of amides is 1. The number of hydrogen-bond acceptors (Lipinski definition) is 8. The Balaban J connectivity index is 1.68. The van der Waals surface area contributed by atoms with Gasteiger partial charge >= 0.3 is 5.69 Å². The van der Waals surface area contributed by atoms with Crippen LogP contribution in [0.4, 0.5) is 17.5 Å². The molecular weight excluding hydrogens is 352 g/mol. The molecule has 1 saturated heterocycles. The van der Waals surface area contributed by atoms with Gasteiger partial charge in [0.05, 0.1) is 11.0 Å². The van der Waals surface area contributed by atoms with E-state index in [9.17, 15) is 14.9 Å². The van der Waals surface area contributed by atoms with Crippen LogP contribution in [0, 0.1) is 16.0 Å². The zero-order chi connectivity index (χ0) is 19.4. The van der Waals surface area contributed by atoms with Crippen LogP contribution in [-0.2, 0) is 9.53 Å². The van der Waals surface area contributed by atoms with Crippen LogP contribution in [0.15, 0.2) is 6.20 Å². The number of nitro groups is 1. The quantitative estimate of drug-likeness (QED) is 0.502. The van der Waals surface area contributed by atoms with Crippen LogP contribution >= 0.6 is 0 Å². The largest absolute Gasteiger partial charge is 0.378 e. The van der Waals surface area contributed by atoms with Gasteiger partial charge in [-0.05, 0) is 45.4 Å². The molecule has 1 aromatic heterocycles. The van der Waals surface area contributed by atoms with Crippen LogP contribution in [-0.4, -0.2) is 45.6 Å². The summed E-state index contributed by atoms with van der Waals surface area (Å²) in [5, 5.41) is 17.8. The molecule has 10 heteroatoms. The summed E-state index contributed by atoms with van der Waals surface area (Å²) in [5.74, 6) is 0.183. The maximum atomic E-state index is 11.3. The molecule has 10 nitrogen and oxygen atoms in total. The van der Waals surface area contributed by atoms with Crippen LogP contribution in [0.3, 0.4) is 0 Å². The van der Waals surface area contributed by atoms with E-state index in [1.54, 1.807) is 0 Å². The number of nitrogens with zero attached hydrogens (tertiary/aromatic N) is 3. The van der Waals surface area contributed by atoms with E-state index in [1.165, 1.54) is 6.20 Å². The van der Waals surface area contributed by atoms with Gasteiger partial charge in [-0.25, -0.2) is 4.98 Å². The maximum Gasteiger partial charge on any atom is 0.329 e. The Bertz CT molecular complexity index is 692. The predicted octanol–water partition coefficient (Wildman–Crippen LogP) is 1.82. The van der Waals surface area contributed by atoms with Crippen LogP contribution in [0.1, 0.15) is 45.4 Å². The average Bonchev–Trinajstić information content (AvgIpc) is 2.62. The zero-order valence-electron chi connectivity index (χ0n) is 15.4. The van der Waals surface area contributed by atoms with Gasteiger partial charge in [0.1, 0.15) is 6.20 Å². The Morgan fingerprint density at radius 2 is 2.00 bits per heavy atom. The summed E-state index contributed by atoms with van der Waals surface area (Å²) >= 11 is 0. The molecule has 0 radical (unpaired) electrons. The number of aromatic nitrogens is 2. The first-order valence-electron chi connectivity index (χ1n) is 9.37. The molecule has 2 aliphatic rings. The van der Waals surface area contributed by atoms with Gasteiger partial charge in [-0.15, -0.1) is 0 Å². The maximum absolute atomic E-state index is 11.3. The third-order valence-electron chi connectivity index (χ3n) is 5.25. The minimum Gasteiger partial charge on any atom is -0.378 e. The van der Waals surface area contributed by atoms with Crippen molar-refractivity contribution >= 4 is 23.4 Å². The second-order valence-corrected chi connectivity index (χ2v) is 7.33. The fraction of sp³-hybridized carbons (Fsp3) is 0.706. The number of nitrogens with two attached hydrogens (primary N) is 1. The number of primary amides is 1. The van der Waals surface area contributed by atoms with E-state index in [0.29, 0.717) is 25.4 Å². The van der Waals surface area contributed by atoms with Gasteiger partial charge in [0.15, 0.2) is 0 Å². The minimum absolute atomic E-state index is 0.0187. The highest BCUT2D eigenvalue weighted by atomic mass is 16.6. The Morgan fingerprint density at radius 3 is 2.63 bits per heavy atom. The lowest BCUT2D eigenvalue weighted by molar-refractivity contribution is -0.384. The molecular formula is C17H26N6O4. The zero-order valence-corrected chi connectivity index (χ0v) is 15.4. The van der Waals surface area contributed by atoms with Crippen LogP contribution in [0.25, 0.3) is 0 Å². The summed E-state index contributed by atoms with van der Waals surface area (Å²) in [6.45, 7) is 2.68. The number of anilines is 2. The van der Waals surface area contributed by atoms with Crippen molar-refractivity contribution in [2.24, 2.45) is 11.7 Å². The normalized spacial score (nSPS) is 28.3. The lowest BCUT2D eigenvalue weighted by atomic mass is 9.85. The third-order valence-corrected chi connectivity index (χ3v) is 5.25. The molecule has 148 valence electrons. The highest BCUT2D eigenvalue weighted by Gasteiger charge is 2.28. The van der Waals surface area contributed by atoms with E-state index in [-0.39, 0.29) is 41.5 Å². The molecule has 0 bridgehead atoms. The van der Waals surface area contributed by atoms with E-state index < -0.39 is 4.92 Å². The van der Waals surface area contributed by atoms with Crippen molar-refractivity contribution < 1.29 is 14.5 Å². The monoisotopic (exact) mass is 378 g/mol. The van der Waals surface area contributed by atoms with Crippen LogP contribution in [0.5, 0.6) is 0 Å². The summed E-state index contributed by atoms with van der Waals surface area (Å²) in [6, 6.07) is 0.194. The van der Waals surface area contributed by atoms with Gasteiger partial charge in [0.2, 0.25) is 17.7 Å². The molecule has 2 atom stereocenters. The summed E-state index contributed by atoms with van der Waals surface area (Å²) in [7, 11) is 0. The van der Waals surface area contributed by atoms with E-state index in [1.807, 2.05) is 6.92 Å². The molecule has 0 unspecified atom stereocenters. The highest BCUT2D eigenvalue weighted by molar-refractivity contribution is 5.76. The molecule has 1 saturated carbocycles. The number of rotatable bonds is 6. The first kappa shape index (κ1) is 19.3. The predicted molar refractivity (Wildman–Crippen MR) is 99.3 cm³/mol. The second kappa shape index (κ2) is 8.47. The van der Waals surface area contributed by atoms with Gasteiger partial charge in [-0.1, -0.05) is 0 Å². The number of nitrogens with one attached hydrogen (secondary N) is 2. The third kappa shape index (κ3) is 5.03. The van der Waals surface area contributed by atoms with Crippen molar-refractivity contribution in [3.8, 4) is 0 Å². The fourth-order valence-electron chi connectivity index (χ4n) is 3.71. The standard InChI is InChI=1S/C17H26N6O4/c1-10-8-13(6-7-27-10)21-17-19-9-14(23(25)26)16(22-17)20-12-4-2-11(3-5-12)15(18)24/h9-13H,2-8H2,1H3,(H2,18,24)(H2,19,20,21,22)/t10-,11?,12?,13-/m1/s1. The van der Waals surface area contributed by atoms with Gasteiger partial charge in [-0.3, -0.25) is 14.9 Å². The SMILES string of the molecule is C[C@@H]1C[C@H](Nc2ncc([N+](=O)[O-])c(NC3CCC(C(N)=O)CC3)n2)CCO1. The molecule has 1 amide bonds. The first-order chi connectivity index (χ1) is 12.9. The van der Waals surface area contributed by atoms with E-state index in [4.69, 9.17) is 10.5 Å². The van der Waals surface area contributed by atoms with Crippen molar-refractivity contribution in [1.29, 1.82) is 0 Å². The van der Waals surface area contributed by atoms with Crippen LogP contribution in [0.2, 0.25) is 0 Å². The molecule has 3 rings (SSSR count). The Morgan fingerprint density at radius 1 is 1.26 bits per heavy atom. The molecule has 27 heavy (non-hydrogen) atoms. The van der Waals surface area contributed by atoms with Crippen molar-refractivity contribution in [2.75, 3.05) is 17.2 Å². The van der Waals surface area contributed by atoms with E-state index in [0.717, 1.165) is 25.7 Å². The molecule has 1 aliphatic carbocycles. The Kier molecular flexibility index (Phi) is 6.04. The average molecular weight is 378 g/mol. The van der Waals surface area contributed by atoms with E-state index >= 15 is 0 Å². The Hall–Kier alpha value is -2.49. The van der Waals surface area contributed by atoms with Gasteiger partial charge < -0.3 is 21.1 Å².